The van der Waals surface area contributed by atoms with Gasteiger partial charge in [-0.05, 0) is 67.6 Å². The maximum atomic E-state index is 13.5. The van der Waals surface area contributed by atoms with E-state index in [9.17, 15) is 14.4 Å². The van der Waals surface area contributed by atoms with Crippen molar-refractivity contribution in [2.45, 2.75) is 35.2 Å². The molecule has 11 heteroatoms. The Bertz CT molecular complexity index is 2110. The van der Waals surface area contributed by atoms with Crippen molar-refractivity contribution in [1.29, 1.82) is 0 Å². The molecule has 0 bridgehead atoms. The first kappa shape index (κ1) is 27.9. The average Bonchev–Trinajstić information content (AvgIpc) is 3.59. The number of thiazole rings is 1. The van der Waals surface area contributed by atoms with E-state index in [1.807, 2.05) is 53.1 Å². The second kappa shape index (κ2) is 11.6. The number of benzene rings is 3. The maximum Gasteiger partial charge on any atom is 0.261 e. The summed E-state index contributed by atoms with van der Waals surface area (Å²) in [6, 6.07) is 21.0. The number of aromatic nitrogens is 4. The molecule has 0 aliphatic heterocycles. The fourth-order valence-corrected chi connectivity index (χ4v) is 8.39. The maximum absolute atomic E-state index is 13.5. The van der Waals surface area contributed by atoms with Crippen LogP contribution in [0.3, 0.4) is 0 Å². The summed E-state index contributed by atoms with van der Waals surface area (Å²) in [6.45, 7) is 0. The number of fused-ring (bicyclic) bond motifs is 5. The van der Waals surface area contributed by atoms with Crippen molar-refractivity contribution < 1.29 is 9.59 Å². The van der Waals surface area contributed by atoms with E-state index in [1.165, 1.54) is 62.5 Å². The van der Waals surface area contributed by atoms with E-state index < -0.39 is 0 Å². The van der Waals surface area contributed by atoms with E-state index in [4.69, 9.17) is 4.98 Å². The summed E-state index contributed by atoms with van der Waals surface area (Å²) >= 11 is 4.18. The molecule has 0 saturated carbocycles. The molecule has 0 spiro atoms. The van der Waals surface area contributed by atoms with Crippen molar-refractivity contribution in [2.24, 2.45) is 7.05 Å². The first-order valence-electron chi connectivity index (χ1n) is 14.0. The number of thioether (sulfide) groups is 2. The summed E-state index contributed by atoms with van der Waals surface area (Å²) in [4.78, 5) is 48.2. The molecule has 1 amide bonds. The van der Waals surface area contributed by atoms with E-state index in [2.05, 4.69) is 16.4 Å². The fourth-order valence-electron chi connectivity index (χ4n) is 5.67. The standard InChI is InChI=1S/C32H27N5O3S3/c1-36-30(40)22-10-2-5-11-23(22)34-31(36)41-17-28(38)33-19-14-15-24-27(16-19)43-32(35-24)42-18-29(39)37-25-12-6-3-8-20(25)21-9-4-7-13-26(21)37/h2-3,5-6,8,10-12,14-16H,4,7,9,13,17-18H2,1H3,(H,33,38). The third-order valence-corrected chi connectivity index (χ3v) is 10.9. The first-order valence-corrected chi connectivity index (χ1v) is 16.8. The molecule has 0 unspecified atom stereocenters. The van der Waals surface area contributed by atoms with Gasteiger partial charge < -0.3 is 5.32 Å². The van der Waals surface area contributed by atoms with E-state index >= 15 is 0 Å². The Morgan fingerprint density at radius 2 is 1.70 bits per heavy atom. The van der Waals surface area contributed by atoms with Crippen molar-refractivity contribution in [2.75, 3.05) is 16.8 Å². The SMILES string of the molecule is Cn1c(SCC(=O)Nc2ccc3nc(SCC(=O)n4c5c(c6ccccc64)CCCC5)sc3c2)nc2ccccc2c1=O. The van der Waals surface area contributed by atoms with Crippen molar-refractivity contribution >= 4 is 84.4 Å². The number of carbonyl (C=O) groups excluding carboxylic acids is 2. The third-order valence-electron chi connectivity index (χ3n) is 7.67. The molecule has 43 heavy (non-hydrogen) atoms. The van der Waals surface area contributed by atoms with Crippen LogP contribution in [0.2, 0.25) is 0 Å². The van der Waals surface area contributed by atoms with E-state index in [1.54, 1.807) is 19.2 Å². The smallest absolute Gasteiger partial charge is 0.261 e. The largest absolute Gasteiger partial charge is 0.325 e. The number of nitrogens with one attached hydrogen (secondary N) is 1. The molecule has 3 heterocycles. The predicted molar refractivity (Wildman–Crippen MR) is 176 cm³/mol. The van der Waals surface area contributed by atoms with Crippen molar-refractivity contribution in [3.8, 4) is 0 Å². The summed E-state index contributed by atoms with van der Waals surface area (Å²) in [5.74, 6) is 0.295. The molecule has 6 aromatic rings. The molecule has 1 aliphatic carbocycles. The number of anilines is 1. The highest BCUT2D eigenvalue weighted by molar-refractivity contribution is 8.01. The van der Waals surface area contributed by atoms with Gasteiger partial charge in [0.05, 0.1) is 38.1 Å². The van der Waals surface area contributed by atoms with Gasteiger partial charge in [0.1, 0.15) is 0 Å². The summed E-state index contributed by atoms with van der Waals surface area (Å²) in [6.07, 6.45) is 4.24. The molecule has 3 aromatic carbocycles. The highest BCUT2D eigenvalue weighted by atomic mass is 32.2. The second-order valence-electron chi connectivity index (χ2n) is 10.4. The van der Waals surface area contributed by atoms with Crippen LogP contribution in [0.1, 0.15) is 28.9 Å². The Labute approximate surface area is 259 Å². The third kappa shape index (κ3) is 5.37. The monoisotopic (exact) mass is 625 g/mol. The van der Waals surface area contributed by atoms with Crippen LogP contribution in [0.4, 0.5) is 5.69 Å². The molecule has 0 saturated heterocycles. The van der Waals surface area contributed by atoms with Gasteiger partial charge in [0, 0.05) is 23.8 Å². The number of hydrogen-bond acceptors (Lipinski definition) is 8. The van der Waals surface area contributed by atoms with Crippen LogP contribution in [0.5, 0.6) is 0 Å². The molecule has 1 aliphatic rings. The summed E-state index contributed by atoms with van der Waals surface area (Å²) < 4.78 is 5.15. The summed E-state index contributed by atoms with van der Waals surface area (Å²) in [7, 11) is 1.66. The number of amides is 1. The molecular weight excluding hydrogens is 599 g/mol. The van der Waals surface area contributed by atoms with Gasteiger partial charge >= 0.3 is 0 Å². The Kier molecular flexibility index (Phi) is 7.54. The van der Waals surface area contributed by atoms with E-state index in [-0.39, 0.29) is 23.1 Å². The van der Waals surface area contributed by atoms with Crippen molar-refractivity contribution in [3.63, 3.8) is 0 Å². The quantitative estimate of drug-likeness (QED) is 0.159. The number of nitrogens with zero attached hydrogens (tertiary/aromatic N) is 4. The van der Waals surface area contributed by atoms with E-state index in [0.717, 1.165) is 39.3 Å². The molecule has 3 aromatic heterocycles. The number of carbonyl (C=O) groups is 2. The minimum atomic E-state index is -0.196. The van der Waals surface area contributed by atoms with Gasteiger partial charge in [0.2, 0.25) is 11.8 Å². The Morgan fingerprint density at radius 3 is 2.58 bits per heavy atom. The Morgan fingerprint density at radius 1 is 0.907 bits per heavy atom. The minimum Gasteiger partial charge on any atom is -0.325 e. The Hall–Kier alpha value is -3.93. The molecule has 7 rings (SSSR count). The van der Waals surface area contributed by atoms with Crippen LogP contribution in [0, 0.1) is 0 Å². The lowest BCUT2D eigenvalue weighted by atomic mass is 9.96. The highest BCUT2D eigenvalue weighted by Gasteiger charge is 2.23. The van der Waals surface area contributed by atoms with Gasteiger partial charge in [-0.1, -0.05) is 53.9 Å². The molecule has 0 fully saturated rings. The topological polar surface area (TPSA) is 98.9 Å². The van der Waals surface area contributed by atoms with Gasteiger partial charge in [0.25, 0.3) is 5.56 Å². The van der Waals surface area contributed by atoms with Gasteiger partial charge in [-0.3, -0.25) is 23.5 Å². The normalized spacial score (nSPS) is 13.0. The first-order chi connectivity index (χ1) is 21.0. The van der Waals surface area contributed by atoms with Crippen LogP contribution in [-0.2, 0) is 24.7 Å². The molecule has 1 N–H and O–H groups in total. The van der Waals surface area contributed by atoms with Crippen LogP contribution < -0.4 is 10.9 Å². The minimum absolute atomic E-state index is 0.0764. The molecular formula is C32H27N5O3S3. The zero-order valence-corrected chi connectivity index (χ0v) is 25.8. The number of para-hydroxylation sites is 2. The van der Waals surface area contributed by atoms with Crippen molar-refractivity contribution in [1.82, 2.24) is 19.1 Å². The highest BCUT2D eigenvalue weighted by Crippen LogP contribution is 2.34. The lowest BCUT2D eigenvalue weighted by molar-refractivity contribution is -0.113. The van der Waals surface area contributed by atoms with Crippen molar-refractivity contribution in [3.05, 3.63) is 88.3 Å². The average molecular weight is 626 g/mol. The fraction of sp³-hybridized carbons (Fsp3) is 0.219. The lowest BCUT2D eigenvalue weighted by Gasteiger charge is -2.14. The molecule has 216 valence electrons. The van der Waals surface area contributed by atoms with E-state index in [0.29, 0.717) is 27.5 Å². The van der Waals surface area contributed by atoms with Crippen LogP contribution in [-0.4, -0.2) is 42.4 Å². The molecule has 0 atom stereocenters. The van der Waals surface area contributed by atoms with Gasteiger partial charge in [-0.15, -0.1) is 11.3 Å². The van der Waals surface area contributed by atoms with Crippen LogP contribution in [0.25, 0.3) is 32.0 Å². The molecule has 8 nitrogen and oxygen atoms in total. The number of rotatable bonds is 7. The number of aryl methyl sites for hydroxylation is 1. The predicted octanol–water partition coefficient (Wildman–Crippen LogP) is 6.54. The van der Waals surface area contributed by atoms with Gasteiger partial charge in [0.15, 0.2) is 9.50 Å². The lowest BCUT2D eigenvalue weighted by Crippen LogP contribution is -2.21. The second-order valence-corrected chi connectivity index (χ2v) is 13.6. The van der Waals surface area contributed by atoms with Gasteiger partial charge in [-0.2, -0.15) is 0 Å². The van der Waals surface area contributed by atoms with Gasteiger partial charge in [-0.25, -0.2) is 9.97 Å². The molecule has 0 radical (unpaired) electrons. The van der Waals surface area contributed by atoms with Crippen LogP contribution in [0.15, 0.2) is 81.0 Å². The summed E-state index contributed by atoms with van der Waals surface area (Å²) in [5, 5.41) is 5.17. The van der Waals surface area contributed by atoms with Crippen LogP contribution >= 0.6 is 34.9 Å². The zero-order chi connectivity index (χ0) is 29.5. The summed E-state index contributed by atoms with van der Waals surface area (Å²) in [5.41, 5.74) is 5.46. The Balaban J connectivity index is 1.02. The zero-order valence-electron chi connectivity index (χ0n) is 23.3. The number of hydrogen-bond donors (Lipinski definition) is 1.